The monoisotopic (exact) mass is 229 g/mol. The van der Waals surface area contributed by atoms with E-state index in [1.54, 1.807) is 6.07 Å². The van der Waals surface area contributed by atoms with Crippen molar-refractivity contribution < 1.29 is 5.11 Å². The minimum atomic E-state index is 0. The zero-order chi connectivity index (χ0) is 10.4. The number of amidine groups is 1. The Kier molecular flexibility index (Phi) is 6.49. The summed E-state index contributed by atoms with van der Waals surface area (Å²) in [5, 5.41) is 19.1. The van der Waals surface area contributed by atoms with Gasteiger partial charge in [-0.25, -0.2) is 0 Å². The molecule has 0 bridgehead atoms. The average molecular weight is 230 g/mol. The number of nitrogen functional groups attached to an aromatic ring is 1. The second-order valence-corrected chi connectivity index (χ2v) is 2.96. The summed E-state index contributed by atoms with van der Waals surface area (Å²) in [4.78, 5) is 0. The van der Waals surface area contributed by atoms with E-state index in [4.69, 9.17) is 16.2 Å². The maximum absolute atomic E-state index is 8.62. The fourth-order valence-corrected chi connectivity index (χ4v) is 1.17. The number of para-hydroxylation sites is 1. The van der Waals surface area contributed by atoms with Crippen LogP contribution in [-0.2, 0) is 0 Å². The summed E-state index contributed by atoms with van der Waals surface area (Å²) in [7, 11) is 0. The highest BCUT2D eigenvalue weighted by Gasteiger charge is 2.02. The van der Waals surface area contributed by atoms with Crippen LogP contribution in [0.25, 0.3) is 0 Å². The Hall–Kier alpha value is -1.26. The molecule has 0 spiro atoms. The SMILES string of the molecule is Cl.N=C(N)c1ccccc1NCCCO. The fraction of sp³-hybridized carbons (Fsp3) is 0.300. The molecule has 0 saturated heterocycles. The summed E-state index contributed by atoms with van der Waals surface area (Å²) in [6, 6.07) is 7.39. The van der Waals surface area contributed by atoms with Gasteiger partial charge >= 0.3 is 0 Å². The molecule has 0 aliphatic carbocycles. The Morgan fingerprint density at radius 2 is 2.07 bits per heavy atom. The van der Waals surface area contributed by atoms with Gasteiger partial charge in [0.15, 0.2) is 0 Å². The Bertz CT molecular complexity index is 317. The molecule has 0 amide bonds. The summed E-state index contributed by atoms with van der Waals surface area (Å²) >= 11 is 0. The molecule has 5 heteroatoms. The number of rotatable bonds is 5. The second-order valence-electron chi connectivity index (χ2n) is 2.96. The number of nitrogens with one attached hydrogen (secondary N) is 2. The molecule has 0 fully saturated rings. The second kappa shape index (κ2) is 7.09. The van der Waals surface area contributed by atoms with Crippen LogP contribution >= 0.6 is 12.4 Å². The standard InChI is InChI=1S/C10H15N3O.ClH/c11-10(12)8-4-1-2-5-9(8)13-6-3-7-14;/h1-2,4-5,13-14H,3,6-7H2,(H3,11,12);1H. The number of aliphatic hydroxyl groups excluding tert-OH is 1. The van der Waals surface area contributed by atoms with Crippen molar-refractivity contribution in [2.45, 2.75) is 6.42 Å². The van der Waals surface area contributed by atoms with E-state index in [2.05, 4.69) is 5.32 Å². The average Bonchev–Trinajstić information content (AvgIpc) is 2.19. The van der Waals surface area contributed by atoms with Crippen molar-refractivity contribution in [1.29, 1.82) is 5.41 Å². The number of benzene rings is 1. The normalized spacial score (nSPS) is 9.13. The molecule has 0 heterocycles. The summed E-state index contributed by atoms with van der Waals surface area (Å²) in [5.41, 5.74) is 6.95. The summed E-state index contributed by atoms with van der Waals surface area (Å²) in [5.74, 6) is 0.0529. The van der Waals surface area contributed by atoms with Crippen LogP contribution in [0.5, 0.6) is 0 Å². The summed E-state index contributed by atoms with van der Waals surface area (Å²) in [6.45, 7) is 0.843. The van der Waals surface area contributed by atoms with Gasteiger partial charge in [-0.05, 0) is 18.6 Å². The van der Waals surface area contributed by atoms with Crippen LogP contribution in [0.3, 0.4) is 0 Å². The van der Waals surface area contributed by atoms with E-state index in [1.807, 2.05) is 18.2 Å². The Labute approximate surface area is 95.4 Å². The zero-order valence-electron chi connectivity index (χ0n) is 8.36. The van der Waals surface area contributed by atoms with E-state index in [-0.39, 0.29) is 24.8 Å². The van der Waals surface area contributed by atoms with Crippen molar-refractivity contribution in [1.82, 2.24) is 0 Å². The highest BCUT2D eigenvalue weighted by Crippen LogP contribution is 2.13. The summed E-state index contributed by atoms with van der Waals surface area (Å²) < 4.78 is 0. The van der Waals surface area contributed by atoms with Crippen molar-refractivity contribution in [3.8, 4) is 0 Å². The van der Waals surface area contributed by atoms with E-state index in [1.165, 1.54) is 0 Å². The Balaban J connectivity index is 0.00000196. The molecule has 84 valence electrons. The van der Waals surface area contributed by atoms with Gasteiger partial charge in [-0.2, -0.15) is 0 Å². The number of nitrogens with two attached hydrogens (primary N) is 1. The first-order chi connectivity index (χ1) is 6.75. The minimum absolute atomic E-state index is 0. The Morgan fingerprint density at radius 3 is 2.67 bits per heavy atom. The third-order valence-electron chi connectivity index (χ3n) is 1.87. The van der Waals surface area contributed by atoms with Crippen LogP contribution in [0.1, 0.15) is 12.0 Å². The number of anilines is 1. The first-order valence-electron chi connectivity index (χ1n) is 4.54. The lowest BCUT2D eigenvalue weighted by Gasteiger charge is -2.09. The van der Waals surface area contributed by atoms with Crippen LogP contribution in [0.2, 0.25) is 0 Å². The molecule has 0 aromatic heterocycles. The van der Waals surface area contributed by atoms with Crippen molar-refractivity contribution >= 4 is 23.9 Å². The van der Waals surface area contributed by atoms with Crippen LogP contribution in [0.4, 0.5) is 5.69 Å². The first kappa shape index (κ1) is 13.7. The lowest BCUT2D eigenvalue weighted by atomic mass is 10.1. The van der Waals surface area contributed by atoms with Crippen molar-refractivity contribution in [3.63, 3.8) is 0 Å². The van der Waals surface area contributed by atoms with Gasteiger partial charge in [0, 0.05) is 24.4 Å². The molecule has 0 aliphatic rings. The van der Waals surface area contributed by atoms with Crippen LogP contribution in [0.15, 0.2) is 24.3 Å². The third-order valence-corrected chi connectivity index (χ3v) is 1.87. The lowest BCUT2D eigenvalue weighted by Crippen LogP contribution is -2.15. The maximum Gasteiger partial charge on any atom is 0.124 e. The molecule has 0 radical (unpaired) electrons. The van der Waals surface area contributed by atoms with Gasteiger partial charge in [-0.15, -0.1) is 12.4 Å². The first-order valence-corrected chi connectivity index (χ1v) is 4.54. The van der Waals surface area contributed by atoms with Gasteiger partial charge in [0.2, 0.25) is 0 Å². The van der Waals surface area contributed by atoms with Crippen LogP contribution in [0, 0.1) is 5.41 Å². The Morgan fingerprint density at radius 1 is 1.40 bits per heavy atom. The lowest BCUT2D eigenvalue weighted by molar-refractivity contribution is 0.292. The van der Waals surface area contributed by atoms with Gasteiger partial charge in [0.25, 0.3) is 0 Å². The van der Waals surface area contributed by atoms with E-state index in [9.17, 15) is 0 Å². The molecule has 1 aromatic carbocycles. The third kappa shape index (κ3) is 4.18. The highest BCUT2D eigenvalue weighted by atomic mass is 35.5. The van der Waals surface area contributed by atoms with Crippen LogP contribution < -0.4 is 11.1 Å². The highest BCUT2D eigenvalue weighted by molar-refractivity contribution is 6.00. The number of aliphatic hydroxyl groups is 1. The largest absolute Gasteiger partial charge is 0.396 e. The zero-order valence-corrected chi connectivity index (χ0v) is 9.18. The molecular formula is C10H16ClN3O. The van der Waals surface area contributed by atoms with E-state index < -0.39 is 0 Å². The number of hydrogen-bond acceptors (Lipinski definition) is 3. The van der Waals surface area contributed by atoms with Crippen molar-refractivity contribution in [2.24, 2.45) is 5.73 Å². The molecule has 5 N–H and O–H groups in total. The molecule has 0 saturated carbocycles. The molecule has 0 aliphatic heterocycles. The molecule has 15 heavy (non-hydrogen) atoms. The molecule has 4 nitrogen and oxygen atoms in total. The predicted molar refractivity (Wildman–Crippen MR) is 64.9 cm³/mol. The number of halogens is 1. The van der Waals surface area contributed by atoms with Gasteiger partial charge in [-0.1, -0.05) is 12.1 Å². The topological polar surface area (TPSA) is 82.1 Å². The predicted octanol–water partition coefficient (Wildman–Crippen LogP) is 1.19. The molecule has 1 rings (SSSR count). The molecular weight excluding hydrogens is 214 g/mol. The van der Waals surface area contributed by atoms with Crippen molar-refractivity contribution in [3.05, 3.63) is 29.8 Å². The van der Waals surface area contributed by atoms with Gasteiger partial charge in [0.05, 0.1) is 0 Å². The van der Waals surface area contributed by atoms with Gasteiger partial charge in [0.1, 0.15) is 5.84 Å². The van der Waals surface area contributed by atoms with Gasteiger partial charge < -0.3 is 16.2 Å². The van der Waals surface area contributed by atoms with E-state index in [0.29, 0.717) is 18.5 Å². The van der Waals surface area contributed by atoms with E-state index in [0.717, 1.165) is 5.69 Å². The van der Waals surface area contributed by atoms with Crippen molar-refractivity contribution in [2.75, 3.05) is 18.5 Å². The molecule has 0 atom stereocenters. The summed E-state index contributed by atoms with van der Waals surface area (Å²) in [6.07, 6.45) is 0.687. The minimum Gasteiger partial charge on any atom is -0.396 e. The van der Waals surface area contributed by atoms with Crippen LogP contribution in [-0.4, -0.2) is 24.1 Å². The quantitative estimate of drug-likeness (QED) is 0.348. The smallest absolute Gasteiger partial charge is 0.124 e. The number of hydrogen-bond donors (Lipinski definition) is 4. The molecule has 1 aromatic rings. The van der Waals surface area contributed by atoms with Gasteiger partial charge in [-0.3, -0.25) is 5.41 Å². The fourth-order valence-electron chi connectivity index (χ4n) is 1.17. The maximum atomic E-state index is 8.62. The van der Waals surface area contributed by atoms with E-state index >= 15 is 0 Å². The molecule has 0 unspecified atom stereocenters.